The Bertz CT molecular complexity index is 296. The van der Waals surface area contributed by atoms with E-state index in [0.717, 1.165) is 0 Å². The molecular formula is C14H25F3O2S. The molecule has 0 N–H and O–H groups in total. The standard InChI is InChI=1S/C14H25F3O2S/c1-10(2)11(12(18)19-13(3,4)5)20-9-7-6-8-14(15,16)17/h10-11H,6-9H2,1-5H3. The molecular weight excluding hydrogens is 289 g/mol. The van der Waals surface area contributed by atoms with Crippen molar-refractivity contribution in [2.45, 2.75) is 70.9 Å². The fraction of sp³-hybridized carbons (Fsp3) is 0.929. The highest BCUT2D eigenvalue weighted by Gasteiger charge is 2.29. The Kier molecular flexibility index (Phi) is 7.99. The number of esters is 1. The Balaban J connectivity index is 4.13. The van der Waals surface area contributed by atoms with E-state index in [1.165, 1.54) is 11.8 Å². The van der Waals surface area contributed by atoms with Crippen molar-refractivity contribution in [3.05, 3.63) is 0 Å². The second kappa shape index (κ2) is 8.15. The third-order valence-corrected chi connectivity index (χ3v) is 4.02. The number of hydrogen-bond donors (Lipinski definition) is 0. The van der Waals surface area contributed by atoms with Crippen molar-refractivity contribution in [2.24, 2.45) is 5.92 Å². The molecule has 0 saturated heterocycles. The second-order valence-corrected chi connectivity index (χ2v) is 7.39. The summed E-state index contributed by atoms with van der Waals surface area (Å²) in [6, 6.07) is 0. The first-order valence-corrected chi connectivity index (χ1v) is 7.88. The number of ether oxygens (including phenoxy) is 1. The molecule has 6 heteroatoms. The van der Waals surface area contributed by atoms with Gasteiger partial charge in [0.25, 0.3) is 0 Å². The average molecular weight is 314 g/mol. The molecule has 0 aliphatic heterocycles. The molecule has 0 aromatic heterocycles. The summed E-state index contributed by atoms with van der Waals surface area (Å²) in [5.74, 6) is 0.351. The van der Waals surface area contributed by atoms with Gasteiger partial charge in [-0.3, -0.25) is 4.79 Å². The predicted molar refractivity (Wildman–Crippen MR) is 76.8 cm³/mol. The zero-order valence-electron chi connectivity index (χ0n) is 12.8. The number of carbonyl (C=O) groups is 1. The van der Waals surface area contributed by atoms with Gasteiger partial charge in [-0.15, -0.1) is 11.8 Å². The van der Waals surface area contributed by atoms with Crippen LogP contribution in [-0.2, 0) is 9.53 Å². The van der Waals surface area contributed by atoms with Crippen LogP contribution in [0.1, 0.15) is 53.9 Å². The molecule has 0 aliphatic carbocycles. The normalized spacial score (nSPS) is 14.4. The molecule has 0 fully saturated rings. The summed E-state index contributed by atoms with van der Waals surface area (Å²) in [6.07, 6.45) is -4.29. The van der Waals surface area contributed by atoms with Gasteiger partial charge in [-0.2, -0.15) is 13.2 Å². The summed E-state index contributed by atoms with van der Waals surface area (Å²) < 4.78 is 41.3. The Morgan fingerprint density at radius 3 is 2.10 bits per heavy atom. The fourth-order valence-corrected chi connectivity index (χ4v) is 2.72. The SMILES string of the molecule is CC(C)C(SCCCCC(F)(F)F)C(=O)OC(C)(C)C. The van der Waals surface area contributed by atoms with Crippen molar-refractivity contribution in [3.8, 4) is 0 Å². The smallest absolute Gasteiger partial charge is 0.389 e. The first-order valence-electron chi connectivity index (χ1n) is 6.83. The maximum absolute atomic E-state index is 12.0. The van der Waals surface area contributed by atoms with Crippen molar-refractivity contribution in [1.29, 1.82) is 0 Å². The lowest BCUT2D eigenvalue weighted by Gasteiger charge is -2.25. The highest BCUT2D eigenvalue weighted by Crippen LogP contribution is 2.26. The van der Waals surface area contributed by atoms with E-state index in [1.54, 1.807) is 20.8 Å². The quantitative estimate of drug-likeness (QED) is 0.498. The van der Waals surface area contributed by atoms with Crippen LogP contribution in [0, 0.1) is 5.92 Å². The van der Waals surface area contributed by atoms with E-state index in [4.69, 9.17) is 4.74 Å². The van der Waals surface area contributed by atoms with Crippen LogP contribution < -0.4 is 0 Å². The monoisotopic (exact) mass is 314 g/mol. The van der Waals surface area contributed by atoms with Crippen LogP contribution in [0.15, 0.2) is 0 Å². The van der Waals surface area contributed by atoms with E-state index in [-0.39, 0.29) is 23.6 Å². The molecule has 120 valence electrons. The molecule has 2 nitrogen and oxygen atoms in total. The third-order valence-electron chi connectivity index (χ3n) is 2.40. The van der Waals surface area contributed by atoms with Gasteiger partial charge in [-0.25, -0.2) is 0 Å². The fourth-order valence-electron chi connectivity index (χ4n) is 1.53. The molecule has 0 aromatic carbocycles. The van der Waals surface area contributed by atoms with Crippen LogP contribution in [0.5, 0.6) is 0 Å². The van der Waals surface area contributed by atoms with Crippen molar-refractivity contribution >= 4 is 17.7 Å². The zero-order chi connectivity index (χ0) is 16.0. The van der Waals surface area contributed by atoms with Gasteiger partial charge in [0, 0.05) is 6.42 Å². The maximum Gasteiger partial charge on any atom is 0.389 e. The number of thioether (sulfide) groups is 1. The summed E-state index contributed by atoms with van der Waals surface area (Å²) in [7, 11) is 0. The average Bonchev–Trinajstić information content (AvgIpc) is 2.17. The number of alkyl halides is 3. The van der Waals surface area contributed by atoms with Gasteiger partial charge in [-0.1, -0.05) is 13.8 Å². The van der Waals surface area contributed by atoms with E-state index < -0.39 is 18.2 Å². The van der Waals surface area contributed by atoms with Crippen LogP contribution in [-0.4, -0.2) is 28.7 Å². The van der Waals surface area contributed by atoms with Crippen LogP contribution in [0.2, 0.25) is 0 Å². The molecule has 0 spiro atoms. The molecule has 1 atom stereocenters. The van der Waals surface area contributed by atoms with E-state index in [2.05, 4.69) is 0 Å². The van der Waals surface area contributed by atoms with Crippen molar-refractivity contribution < 1.29 is 22.7 Å². The molecule has 0 heterocycles. The number of hydrogen-bond acceptors (Lipinski definition) is 3. The van der Waals surface area contributed by atoms with Gasteiger partial charge in [0.2, 0.25) is 0 Å². The molecule has 0 radical (unpaired) electrons. The Morgan fingerprint density at radius 2 is 1.70 bits per heavy atom. The maximum atomic E-state index is 12.0. The molecule has 0 amide bonds. The van der Waals surface area contributed by atoms with Crippen molar-refractivity contribution in [3.63, 3.8) is 0 Å². The first-order chi connectivity index (χ1) is 8.92. The Morgan fingerprint density at radius 1 is 1.15 bits per heavy atom. The molecule has 0 aliphatic rings. The van der Waals surface area contributed by atoms with Gasteiger partial charge < -0.3 is 4.74 Å². The minimum Gasteiger partial charge on any atom is -0.459 e. The minimum atomic E-state index is -4.09. The Labute approximate surface area is 123 Å². The van der Waals surface area contributed by atoms with Gasteiger partial charge in [0.15, 0.2) is 0 Å². The summed E-state index contributed by atoms with van der Waals surface area (Å²) in [5, 5.41) is -0.319. The van der Waals surface area contributed by atoms with E-state index in [0.29, 0.717) is 12.2 Å². The van der Waals surface area contributed by atoms with Gasteiger partial charge >= 0.3 is 12.1 Å². The largest absolute Gasteiger partial charge is 0.459 e. The summed E-state index contributed by atoms with van der Waals surface area (Å²) in [6.45, 7) is 9.23. The number of unbranched alkanes of at least 4 members (excludes halogenated alkanes) is 1. The summed E-state index contributed by atoms with van der Waals surface area (Å²) in [4.78, 5) is 12.0. The third kappa shape index (κ3) is 10.4. The zero-order valence-corrected chi connectivity index (χ0v) is 13.7. The topological polar surface area (TPSA) is 26.3 Å². The second-order valence-electron chi connectivity index (χ2n) is 6.14. The van der Waals surface area contributed by atoms with Crippen LogP contribution in [0.4, 0.5) is 13.2 Å². The van der Waals surface area contributed by atoms with Gasteiger partial charge in [0.1, 0.15) is 10.9 Å². The molecule has 20 heavy (non-hydrogen) atoms. The Hall–Kier alpha value is -0.390. The molecule has 0 bridgehead atoms. The van der Waals surface area contributed by atoms with Gasteiger partial charge in [-0.05, 0) is 45.3 Å². The molecule has 0 saturated carbocycles. The first kappa shape index (κ1) is 19.6. The number of carbonyl (C=O) groups excluding carboxylic acids is 1. The summed E-state index contributed by atoms with van der Waals surface area (Å²) in [5.41, 5.74) is -0.541. The molecule has 1 unspecified atom stereocenters. The minimum absolute atomic E-state index is 0.0949. The lowest BCUT2D eigenvalue weighted by atomic mass is 10.1. The van der Waals surface area contributed by atoms with E-state index >= 15 is 0 Å². The summed E-state index contributed by atoms with van der Waals surface area (Å²) >= 11 is 1.39. The molecule has 0 aromatic rings. The van der Waals surface area contributed by atoms with E-state index in [1.807, 2.05) is 13.8 Å². The van der Waals surface area contributed by atoms with E-state index in [9.17, 15) is 18.0 Å². The van der Waals surface area contributed by atoms with Crippen LogP contribution in [0.25, 0.3) is 0 Å². The van der Waals surface area contributed by atoms with Crippen molar-refractivity contribution in [1.82, 2.24) is 0 Å². The molecule has 0 rings (SSSR count). The number of rotatable bonds is 7. The predicted octanol–water partition coefficient (Wildman–Crippen LogP) is 4.82. The lowest BCUT2D eigenvalue weighted by Crippen LogP contribution is -2.33. The van der Waals surface area contributed by atoms with Crippen LogP contribution in [0.3, 0.4) is 0 Å². The van der Waals surface area contributed by atoms with Crippen LogP contribution >= 0.6 is 11.8 Å². The number of halogens is 3. The highest BCUT2D eigenvalue weighted by molar-refractivity contribution is 8.00. The lowest BCUT2D eigenvalue weighted by molar-refractivity contribution is -0.155. The van der Waals surface area contributed by atoms with Gasteiger partial charge in [0.05, 0.1) is 0 Å². The van der Waals surface area contributed by atoms with Crippen molar-refractivity contribution in [2.75, 3.05) is 5.75 Å². The highest BCUT2D eigenvalue weighted by atomic mass is 32.2.